The number of rotatable bonds is 4. The summed E-state index contributed by atoms with van der Waals surface area (Å²) in [5.41, 5.74) is 0.142. The van der Waals surface area contributed by atoms with Crippen molar-refractivity contribution in [1.29, 1.82) is 0 Å². The number of thioether (sulfide) groups is 1. The summed E-state index contributed by atoms with van der Waals surface area (Å²) in [4.78, 5) is 26.1. The van der Waals surface area contributed by atoms with Crippen molar-refractivity contribution in [3.63, 3.8) is 0 Å². The maximum atomic E-state index is 12.2. The van der Waals surface area contributed by atoms with Gasteiger partial charge in [-0.15, -0.1) is 11.8 Å². The second-order valence-electron chi connectivity index (χ2n) is 6.34. The summed E-state index contributed by atoms with van der Waals surface area (Å²) in [5.74, 6) is -1.80. The molecule has 2 fully saturated rings. The standard InChI is InChI=1S/C15H22N2O4S/c1-7-11-10(8(2)18)14(19)17(11)12(15(20)21)13(7)22-9-3-5-16-6-4-9/h7-11,16,18H,3-6H2,1-2H3,(H,20,21)/t7-,8-,10?,11-/m1/s1. The smallest absolute Gasteiger partial charge is 0.353 e. The number of carbonyl (C=O) groups is 2. The zero-order chi connectivity index (χ0) is 16.0. The van der Waals surface area contributed by atoms with Crippen molar-refractivity contribution in [2.75, 3.05) is 13.1 Å². The van der Waals surface area contributed by atoms with Gasteiger partial charge in [-0.2, -0.15) is 0 Å². The molecule has 0 aromatic heterocycles. The van der Waals surface area contributed by atoms with Crippen molar-refractivity contribution in [3.05, 3.63) is 10.6 Å². The minimum Gasteiger partial charge on any atom is -0.477 e. The molecule has 0 radical (unpaired) electrons. The van der Waals surface area contributed by atoms with Gasteiger partial charge in [0.25, 0.3) is 0 Å². The predicted octanol–water partition coefficient (Wildman–Crippen LogP) is 0.625. The van der Waals surface area contributed by atoms with Gasteiger partial charge in [0.15, 0.2) is 0 Å². The largest absolute Gasteiger partial charge is 0.477 e. The van der Waals surface area contributed by atoms with E-state index in [2.05, 4.69) is 5.32 Å². The highest BCUT2D eigenvalue weighted by molar-refractivity contribution is 8.03. The van der Waals surface area contributed by atoms with Gasteiger partial charge in [0, 0.05) is 16.1 Å². The number of carbonyl (C=O) groups excluding carboxylic acids is 1. The summed E-state index contributed by atoms with van der Waals surface area (Å²) < 4.78 is 0. The third kappa shape index (κ3) is 2.35. The van der Waals surface area contributed by atoms with Crippen LogP contribution >= 0.6 is 11.8 Å². The molecule has 2 saturated heterocycles. The molecule has 0 aromatic carbocycles. The minimum atomic E-state index is -1.04. The monoisotopic (exact) mass is 326 g/mol. The van der Waals surface area contributed by atoms with Crippen molar-refractivity contribution in [2.45, 2.75) is 44.1 Å². The van der Waals surface area contributed by atoms with Crippen LogP contribution < -0.4 is 5.32 Å². The molecule has 3 aliphatic rings. The molecule has 6 nitrogen and oxygen atoms in total. The van der Waals surface area contributed by atoms with Gasteiger partial charge in [-0.25, -0.2) is 4.79 Å². The van der Waals surface area contributed by atoms with E-state index in [1.807, 2.05) is 6.92 Å². The molecular weight excluding hydrogens is 304 g/mol. The molecule has 0 aliphatic carbocycles. The molecule has 1 amide bonds. The maximum absolute atomic E-state index is 12.2. The van der Waals surface area contributed by atoms with Gasteiger partial charge in [0.2, 0.25) is 5.91 Å². The van der Waals surface area contributed by atoms with Crippen molar-refractivity contribution in [1.82, 2.24) is 10.2 Å². The van der Waals surface area contributed by atoms with E-state index in [1.165, 1.54) is 4.90 Å². The lowest BCUT2D eigenvalue weighted by Gasteiger charge is -2.46. The lowest BCUT2D eigenvalue weighted by atomic mass is 9.79. The van der Waals surface area contributed by atoms with E-state index in [1.54, 1.807) is 18.7 Å². The zero-order valence-electron chi connectivity index (χ0n) is 12.8. The Bertz CT molecular complexity index is 528. The van der Waals surface area contributed by atoms with Crippen molar-refractivity contribution in [2.24, 2.45) is 11.8 Å². The maximum Gasteiger partial charge on any atom is 0.353 e. The Labute approximate surface area is 133 Å². The van der Waals surface area contributed by atoms with Crippen LogP contribution in [0.1, 0.15) is 26.7 Å². The molecule has 3 heterocycles. The number of piperidine rings is 1. The molecule has 1 unspecified atom stereocenters. The summed E-state index contributed by atoms with van der Waals surface area (Å²) in [5, 5.41) is 23.1. The Hall–Kier alpha value is -1.05. The highest BCUT2D eigenvalue weighted by atomic mass is 32.2. The molecule has 4 atom stereocenters. The average molecular weight is 326 g/mol. The number of β-lactam (4-membered cyclic amide) rings is 1. The molecule has 0 bridgehead atoms. The van der Waals surface area contributed by atoms with Crippen LogP contribution in [0.25, 0.3) is 0 Å². The number of carboxylic acids is 1. The fourth-order valence-corrected chi connectivity index (χ4v) is 5.25. The van der Waals surface area contributed by atoms with Gasteiger partial charge in [-0.05, 0) is 32.9 Å². The molecule has 3 rings (SSSR count). The first kappa shape index (κ1) is 15.8. The van der Waals surface area contributed by atoms with Crippen LogP contribution in [-0.2, 0) is 9.59 Å². The van der Waals surface area contributed by atoms with E-state index in [4.69, 9.17) is 0 Å². The number of carboxylic acid groups (broad SMARTS) is 1. The van der Waals surface area contributed by atoms with Gasteiger partial charge < -0.3 is 20.4 Å². The van der Waals surface area contributed by atoms with Gasteiger partial charge in [-0.3, -0.25) is 4.79 Å². The first-order valence-corrected chi connectivity index (χ1v) is 8.67. The molecule has 0 spiro atoms. The number of hydrogen-bond acceptors (Lipinski definition) is 5. The number of aliphatic carboxylic acids is 1. The molecule has 7 heteroatoms. The lowest BCUT2D eigenvalue weighted by Crippen LogP contribution is -2.63. The topological polar surface area (TPSA) is 89.9 Å². The Morgan fingerprint density at radius 3 is 2.59 bits per heavy atom. The molecule has 122 valence electrons. The third-order valence-electron chi connectivity index (χ3n) is 4.89. The second kappa shape index (κ2) is 5.86. The van der Waals surface area contributed by atoms with E-state index in [0.717, 1.165) is 30.8 Å². The van der Waals surface area contributed by atoms with E-state index >= 15 is 0 Å². The predicted molar refractivity (Wildman–Crippen MR) is 83.1 cm³/mol. The third-order valence-corrected chi connectivity index (χ3v) is 6.51. The van der Waals surface area contributed by atoms with E-state index < -0.39 is 18.0 Å². The number of fused-ring (bicyclic) bond motifs is 1. The summed E-state index contributed by atoms with van der Waals surface area (Å²) in [6.07, 6.45) is 1.27. The van der Waals surface area contributed by atoms with Crippen LogP contribution in [0.3, 0.4) is 0 Å². The lowest BCUT2D eigenvalue weighted by molar-refractivity contribution is -0.163. The number of hydrogen-bond donors (Lipinski definition) is 3. The number of aliphatic hydroxyl groups is 1. The van der Waals surface area contributed by atoms with Crippen LogP contribution in [0.4, 0.5) is 0 Å². The van der Waals surface area contributed by atoms with Crippen molar-refractivity contribution < 1.29 is 19.8 Å². The quantitative estimate of drug-likeness (QED) is 0.657. The summed E-state index contributed by atoms with van der Waals surface area (Å²) in [7, 11) is 0. The van der Waals surface area contributed by atoms with E-state index in [9.17, 15) is 19.8 Å². The van der Waals surface area contributed by atoms with Gasteiger partial charge in [0.1, 0.15) is 5.70 Å². The molecular formula is C15H22N2O4S. The van der Waals surface area contributed by atoms with Gasteiger partial charge >= 0.3 is 5.97 Å². The Morgan fingerprint density at radius 2 is 2.05 bits per heavy atom. The van der Waals surface area contributed by atoms with Crippen molar-refractivity contribution in [3.8, 4) is 0 Å². The fraction of sp³-hybridized carbons (Fsp3) is 0.733. The highest BCUT2D eigenvalue weighted by Crippen LogP contribution is 2.51. The Balaban J connectivity index is 1.86. The molecule has 3 aliphatic heterocycles. The molecule has 22 heavy (non-hydrogen) atoms. The first-order valence-electron chi connectivity index (χ1n) is 7.79. The highest BCUT2D eigenvalue weighted by Gasteiger charge is 2.60. The van der Waals surface area contributed by atoms with Crippen LogP contribution in [-0.4, -0.2) is 57.5 Å². The number of nitrogens with zero attached hydrogens (tertiary/aromatic N) is 1. The Morgan fingerprint density at radius 1 is 1.41 bits per heavy atom. The summed E-state index contributed by atoms with van der Waals surface area (Å²) in [6, 6.07) is -0.206. The molecule has 0 saturated carbocycles. The van der Waals surface area contributed by atoms with E-state index in [-0.39, 0.29) is 23.6 Å². The zero-order valence-corrected chi connectivity index (χ0v) is 13.6. The fourth-order valence-electron chi connectivity index (χ4n) is 3.77. The number of nitrogens with one attached hydrogen (secondary N) is 1. The van der Waals surface area contributed by atoms with Gasteiger partial charge in [-0.1, -0.05) is 6.92 Å². The summed E-state index contributed by atoms with van der Waals surface area (Å²) in [6.45, 7) is 5.47. The first-order chi connectivity index (χ1) is 10.4. The van der Waals surface area contributed by atoms with Crippen LogP contribution in [0, 0.1) is 11.8 Å². The van der Waals surface area contributed by atoms with Crippen LogP contribution in [0.2, 0.25) is 0 Å². The normalized spacial score (nSPS) is 33.7. The average Bonchev–Trinajstić information content (AvgIpc) is 2.70. The van der Waals surface area contributed by atoms with Crippen LogP contribution in [0.15, 0.2) is 10.6 Å². The van der Waals surface area contributed by atoms with E-state index in [0.29, 0.717) is 5.25 Å². The number of amides is 1. The summed E-state index contributed by atoms with van der Waals surface area (Å²) >= 11 is 1.62. The molecule has 3 N–H and O–H groups in total. The SMILES string of the molecule is C[C@@H](O)C1C(=O)N2C(C(=O)O)=C(SC3CCNCC3)[C@H](C)[C@H]12. The van der Waals surface area contributed by atoms with Crippen molar-refractivity contribution >= 4 is 23.6 Å². The second-order valence-corrected chi connectivity index (χ2v) is 7.68. The minimum absolute atomic E-state index is 0.0247. The molecule has 0 aromatic rings. The Kier molecular flexibility index (Phi) is 4.22. The van der Waals surface area contributed by atoms with Crippen LogP contribution in [0.5, 0.6) is 0 Å². The number of aliphatic hydroxyl groups excluding tert-OH is 1. The van der Waals surface area contributed by atoms with Gasteiger partial charge in [0.05, 0.1) is 18.1 Å².